The molecule has 1 atom stereocenters. The molecule has 0 aliphatic rings. The molecule has 0 radical (unpaired) electrons. The van der Waals surface area contributed by atoms with Crippen LogP contribution in [-0.4, -0.2) is 5.78 Å². The highest BCUT2D eigenvalue weighted by molar-refractivity contribution is 5.75. The number of hydrogen-bond donors (Lipinski definition) is 0. The van der Waals surface area contributed by atoms with Crippen molar-refractivity contribution in [1.82, 2.24) is 0 Å². The first kappa shape index (κ1) is 14.4. The van der Waals surface area contributed by atoms with Crippen LogP contribution < -0.4 is 0 Å². The van der Waals surface area contributed by atoms with Crippen molar-refractivity contribution in [3.63, 3.8) is 0 Å². The molecule has 0 heterocycles. The molecule has 1 heteroatoms. The van der Waals surface area contributed by atoms with Crippen molar-refractivity contribution in [2.45, 2.75) is 59.8 Å². The average molecular weight is 210 g/mol. The van der Waals surface area contributed by atoms with E-state index in [-0.39, 0.29) is 0 Å². The first-order valence-electron chi connectivity index (χ1n) is 6.24. The number of carbonyl (C=O) groups excluding carboxylic acids is 1. The molecule has 88 valence electrons. The minimum absolute atomic E-state index is 0.298. The fourth-order valence-electron chi connectivity index (χ4n) is 1.64. The predicted octanol–water partition coefficient (Wildman–Crippen LogP) is 4.37. The Morgan fingerprint density at radius 3 is 2.40 bits per heavy atom. The van der Waals surface area contributed by atoms with Crippen LogP contribution in [0.25, 0.3) is 0 Å². The van der Waals surface area contributed by atoms with Crippen molar-refractivity contribution >= 4 is 5.78 Å². The minimum Gasteiger partial charge on any atom is -0.300 e. The van der Waals surface area contributed by atoms with E-state index in [1.807, 2.05) is 0 Å². The largest absolute Gasteiger partial charge is 0.300 e. The third kappa shape index (κ3) is 8.41. The Balaban J connectivity index is 3.88. The van der Waals surface area contributed by atoms with E-state index in [0.717, 1.165) is 6.42 Å². The van der Waals surface area contributed by atoms with Crippen molar-refractivity contribution < 1.29 is 4.79 Å². The molecule has 1 unspecified atom stereocenters. The fourth-order valence-corrected chi connectivity index (χ4v) is 1.64. The molecule has 0 fully saturated rings. The van der Waals surface area contributed by atoms with Crippen LogP contribution in [0.5, 0.6) is 0 Å². The standard InChI is InChI=1S/C14H26O/c1-5-6-7-8-9-10-14(12(2)3)11-13(4)15/h9-10,12,14H,5-8,11H2,1-4H3/b10-9+. The van der Waals surface area contributed by atoms with Gasteiger partial charge in [-0.05, 0) is 31.6 Å². The van der Waals surface area contributed by atoms with Gasteiger partial charge in [0.05, 0.1) is 0 Å². The Morgan fingerprint density at radius 2 is 1.93 bits per heavy atom. The van der Waals surface area contributed by atoms with E-state index in [1.165, 1.54) is 19.3 Å². The third-order valence-electron chi connectivity index (χ3n) is 2.74. The molecule has 0 saturated carbocycles. The molecule has 0 aliphatic heterocycles. The Bertz CT molecular complexity index is 192. The highest BCUT2D eigenvalue weighted by Crippen LogP contribution is 2.17. The van der Waals surface area contributed by atoms with Gasteiger partial charge in [0.2, 0.25) is 0 Å². The number of carbonyl (C=O) groups is 1. The van der Waals surface area contributed by atoms with Crippen LogP contribution in [0, 0.1) is 11.8 Å². The summed E-state index contributed by atoms with van der Waals surface area (Å²) in [5.41, 5.74) is 0. The summed E-state index contributed by atoms with van der Waals surface area (Å²) in [5.74, 6) is 1.30. The van der Waals surface area contributed by atoms with E-state index in [1.54, 1.807) is 6.92 Å². The normalized spacial score (nSPS) is 13.7. The van der Waals surface area contributed by atoms with Crippen molar-refractivity contribution in [3.05, 3.63) is 12.2 Å². The molecular weight excluding hydrogens is 184 g/mol. The summed E-state index contributed by atoms with van der Waals surface area (Å²) in [5, 5.41) is 0. The van der Waals surface area contributed by atoms with Crippen LogP contribution in [0.2, 0.25) is 0 Å². The Hall–Kier alpha value is -0.590. The highest BCUT2D eigenvalue weighted by atomic mass is 16.1. The molecular formula is C14H26O. The first-order chi connectivity index (χ1) is 7.07. The number of hydrogen-bond acceptors (Lipinski definition) is 1. The third-order valence-corrected chi connectivity index (χ3v) is 2.74. The summed E-state index contributed by atoms with van der Waals surface area (Å²) < 4.78 is 0. The van der Waals surface area contributed by atoms with Crippen molar-refractivity contribution in [2.75, 3.05) is 0 Å². The van der Waals surface area contributed by atoms with Gasteiger partial charge in [0, 0.05) is 6.42 Å². The Labute approximate surface area is 95.0 Å². The number of rotatable bonds is 8. The molecule has 1 nitrogen and oxygen atoms in total. The zero-order chi connectivity index (χ0) is 11.7. The molecule has 0 bridgehead atoms. The number of allylic oxidation sites excluding steroid dienone is 2. The second-order valence-corrected chi connectivity index (χ2v) is 4.74. The molecule has 15 heavy (non-hydrogen) atoms. The Morgan fingerprint density at radius 1 is 1.27 bits per heavy atom. The van der Waals surface area contributed by atoms with Crippen LogP contribution in [0.15, 0.2) is 12.2 Å². The number of unbranched alkanes of at least 4 members (excludes halogenated alkanes) is 3. The average Bonchev–Trinajstić information content (AvgIpc) is 2.15. The van der Waals surface area contributed by atoms with E-state index in [2.05, 4.69) is 32.9 Å². The molecule has 0 N–H and O–H groups in total. The van der Waals surface area contributed by atoms with E-state index in [0.29, 0.717) is 24.0 Å². The molecule has 0 aromatic rings. The molecule has 0 aromatic carbocycles. The lowest BCUT2D eigenvalue weighted by Crippen LogP contribution is -2.09. The maximum absolute atomic E-state index is 11.1. The molecule has 0 rings (SSSR count). The van der Waals surface area contributed by atoms with Gasteiger partial charge in [0.15, 0.2) is 0 Å². The second kappa shape index (κ2) is 8.70. The Kier molecular flexibility index (Phi) is 8.35. The molecule has 0 aliphatic carbocycles. The summed E-state index contributed by atoms with van der Waals surface area (Å²) in [6.07, 6.45) is 10.2. The van der Waals surface area contributed by atoms with Crippen molar-refractivity contribution in [3.8, 4) is 0 Å². The molecule has 0 aromatic heterocycles. The van der Waals surface area contributed by atoms with Crippen LogP contribution in [0.4, 0.5) is 0 Å². The highest BCUT2D eigenvalue weighted by Gasteiger charge is 2.11. The lowest BCUT2D eigenvalue weighted by atomic mass is 9.90. The molecule has 0 spiro atoms. The van der Waals surface area contributed by atoms with Crippen LogP contribution in [-0.2, 0) is 4.79 Å². The van der Waals surface area contributed by atoms with Crippen LogP contribution in [0.3, 0.4) is 0 Å². The van der Waals surface area contributed by atoms with Gasteiger partial charge < -0.3 is 4.79 Å². The zero-order valence-corrected chi connectivity index (χ0v) is 10.8. The van der Waals surface area contributed by atoms with Crippen LogP contribution in [0.1, 0.15) is 59.8 Å². The smallest absolute Gasteiger partial charge is 0.130 e. The van der Waals surface area contributed by atoms with Gasteiger partial charge in [-0.25, -0.2) is 0 Å². The van der Waals surface area contributed by atoms with Gasteiger partial charge in [-0.15, -0.1) is 0 Å². The van der Waals surface area contributed by atoms with Crippen molar-refractivity contribution in [2.24, 2.45) is 11.8 Å². The van der Waals surface area contributed by atoms with Crippen molar-refractivity contribution in [1.29, 1.82) is 0 Å². The van der Waals surface area contributed by atoms with Crippen LogP contribution >= 0.6 is 0 Å². The lowest BCUT2D eigenvalue weighted by Gasteiger charge is -2.14. The number of ketones is 1. The second-order valence-electron chi connectivity index (χ2n) is 4.74. The summed E-state index contributed by atoms with van der Waals surface area (Å²) in [7, 11) is 0. The fraction of sp³-hybridized carbons (Fsp3) is 0.786. The maximum Gasteiger partial charge on any atom is 0.130 e. The minimum atomic E-state index is 0.298. The lowest BCUT2D eigenvalue weighted by molar-refractivity contribution is -0.117. The van der Waals surface area contributed by atoms with E-state index in [4.69, 9.17) is 0 Å². The molecule has 0 amide bonds. The zero-order valence-electron chi connectivity index (χ0n) is 10.8. The first-order valence-corrected chi connectivity index (χ1v) is 6.24. The number of Topliss-reactive ketones (excluding diaryl/α,β-unsaturated/α-hetero) is 1. The summed E-state index contributed by atoms with van der Waals surface area (Å²) >= 11 is 0. The van der Waals surface area contributed by atoms with E-state index >= 15 is 0 Å². The molecule has 0 saturated heterocycles. The summed E-state index contributed by atoms with van der Waals surface area (Å²) in [6, 6.07) is 0. The topological polar surface area (TPSA) is 17.1 Å². The summed E-state index contributed by atoms with van der Waals surface area (Å²) in [6.45, 7) is 8.27. The van der Waals surface area contributed by atoms with E-state index < -0.39 is 0 Å². The van der Waals surface area contributed by atoms with Gasteiger partial charge in [-0.1, -0.05) is 45.8 Å². The van der Waals surface area contributed by atoms with Gasteiger partial charge >= 0.3 is 0 Å². The SMILES string of the molecule is CCCCC/C=C/C(CC(C)=O)C(C)C. The van der Waals surface area contributed by atoms with E-state index in [9.17, 15) is 4.79 Å². The maximum atomic E-state index is 11.1. The van der Waals surface area contributed by atoms with Gasteiger partial charge in [-0.2, -0.15) is 0 Å². The monoisotopic (exact) mass is 210 g/mol. The predicted molar refractivity (Wildman–Crippen MR) is 66.9 cm³/mol. The van der Waals surface area contributed by atoms with Gasteiger partial charge in [0.1, 0.15) is 5.78 Å². The summed E-state index contributed by atoms with van der Waals surface area (Å²) in [4.78, 5) is 11.1. The van der Waals surface area contributed by atoms with Gasteiger partial charge in [0.25, 0.3) is 0 Å². The van der Waals surface area contributed by atoms with Gasteiger partial charge in [-0.3, -0.25) is 0 Å². The quantitative estimate of drug-likeness (QED) is 0.429.